The highest BCUT2D eigenvalue weighted by Crippen LogP contribution is 2.25. The molecule has 3 aromatic carbocycles. The van der Waals surface area contributed by atoms with Gasteiger partial charge in [0.1, 0.15) is 11.5 Å². The number of para-hydroxylation sites is 1. The van der Waals surface area contributed by atoms with Gasteiger partial charge in [0, 0.05) is 36.8 Å². The van der Waals surface area contributed by atoms with Crippen LogP contribution in [0.15, 0.2) is 60.7 Å². The molecule has 0 aliphatic heterocycles. The number of ether oxygens (including phenoxy) is 2. The minimum absolute atomic E-state index is 0.00724. The Hall–Kier alpha value is -3.75. The lowest BCUT2D eigenvalue weighted by Gasteiger charge is -2.18. The SMILES string of the molecule is COc1cc(CC(=O)N(C)CCCn2c(=N)n(CC(=O)c3ccc(Cl)cc3)c3cccc(Cl)c32)cc(OC)c1. The number of ketones is 1. The van der Waals surface area contributed by atoms with Gasteiger partial charge < -0.3 is 23.5 Å². The van der Waals surface area contributed by atoms with Crippen molar-refractivity contribution in [3.05, 3.63) is 87.5 Å². The number of nitrogens with zero attached hydrogens (tertiary/aromatic N) is 3. The number of nitrogens with one attached hydrogen (secondary N) is 1. The first kappa shape index (κ1) is 28.3. The number of hydrogen-bond acceptors (Lipinski definition) is 5. The zero-order chi connectivity index (χ0) is 28.1. The molecule has 0 saturated carbocycles. The molecule has 1 amide bonds. The van der Waals surface area contributed by atoms with E-state index in [4.69, 9.17) is 38.1 Å². The number of imidazole rings is 1. The highest BCUT2D eigenvalue weighted by atomic mass is 35.5. The number of benzene rings is 3. The topological polar surface area (TPSA) is 89.5 Å². The third-order valence-corrected chi connectivity index (χ3v) is 7.13. The fourth-order valence-corrected chi connectivity index (χ4v) is 4.87. The predicted octanol–water partition coefficient (Wildman–Crippen LogP) is 5.22. The van der Waals surface area contributed by atoms with Crippen molar-refractivity contribution in [1.29, 1.82) is 5.41 Å². The molecule has 0 saturated heterocycles. The first-order valence-electron chi connectivity index (χ1n) is 12.4. The Kier molecular flexibility index (Phi) is 8.99. The number of hydrogen-bond donors (Lipinski definition) is 1. The Morgan fingerprint density at radius 2 is 1.62 bits per heavy atom. The first-order valence-corrected chi connectivity index (χ1v) is 13.1. The number of halogens is 2. The van der Waals surface area contributed by atoms with Gasteiger partial charge in [0.15, 0.2) is 5.78 Å². The number of fused-ring (bicyclic) bond motifs is 1. The van der Waals surface area contributed by atoms with Gasteiger partial charge in [-0.3, -0.25) is 15.0 Å². The van der Waals surface area contributed by atoms with Gasteiger partial charge in [0.05, 0.1) is 43.2 Å². The fraction of sp³-hybridized carbons (Fsp3) is 0.276. The number of Topliss-reactive ketones (excluding diaryl/α,β-unsaturated/α-hetero) is 1. The molecule has 1 aromatic heterocycles. The van der Waals surface area contributed by atoms with Gasteiger partial charge in [-0.2, -0.15) is 0 Å². The van der Waals surface area contributed by atoms with E-state index >= 15 is 0 Å². The maximum absolute atomic E-state index is 13.0. The molecule has 4 rings (SSSR count). The van der Waals surface area contributed by atoms with E-state index in [-0.39, 0.29) is 30.3 Å². The van der Waals surface area contributed by atoms with Gasteiger partial charge in [-0.1, -0.05) is 29.3 Å². The zero-order valence-electron chi connectivity index (χ0n) is 22.0. The summed E-state index contributed by atoms with van der Waals surface area (Å²) in [4.78, 5) is 27.5. The van der Waals surface area contributed by atoms with Crippen molar-refractivity contribution in [1.82, 2.24) is 14.0 Å². The molecule has 0 atom stereocenters. The molecule has 0 radical (unpaired) electrons. The van der Waals surface area contributed by atoms with Crippen LogP contribution in [0.2, 0.25) is 10.0 Å². The van der Waals surface area contributed by atoms with Gasteiger partial charge in [0.2, 0.25) is 11.5 Å². The van der Waals surface area contributed by atoms with Crippen LogP contribution in [0.3, 0.4) is 0 Å². The molecule has 0 bridgehead atoms. The quantitative estimate of drug-likeness (QED) is 0.251. The predicted molar refractivity (Wildman–Crippen MR) is 152 cm³/mol. The molecule has 0 spiro atoms. The number of likely N-dealkylation sites (N-methyl/N-ethyl adjacent to an activating group) is 1. The van der Waals surface area contributed by atoms with E-state index in [1.165, 1.54) is 0 Å². The van der Waals surface area contributed by atoms with E-state index in [1.807, 2.05) is 18.2 Å². The second-order valence-electron chi connectivity index (χ2n) is 9.17. The molecule has 4 aromatic rings. The molecule has 10 heteroatoms. The van der Waals surface area contributed by atoms with Crippen LogP contribution in [-0.4, -0.2) is 53.5 Å². The Morgan fingerprint density at radius 1 is 0.949 bits per heavy atom. The van der Waals surface area contributed by atoms with Crippen molar-refractivity contribution in [2.45, 2.75) is 25.9 Å². The van der Waals surface area contributed by atoms with Crippen LogP contribution in [-0.2, 0) is 24.3 Å². The minimum Gasteiger partial charge on any atom is -0.497 e. The molecule has 1 N–H and O–H groups in total. The number of aryl methyl sites for hydroxylation is 1. The van der Waals surface area contributed by atoms with Crippen LogP contribution in [0.1, 0.15) is 22.3 Å². The summed E-state index contributed by atoms with van der Waals surface area (Å²) in [6.07, 6.45) is 0.800. The van der Waals surface area contributed by atoms with E-state index in [0.29, 0.717) is 57.7 Å². The smallest absolute Gasteiger partial charge is 0.226 e. The van der Waals surface area contributed by atoms with Gasteiger partial charge in [0.25, 0.3) is 0 Å². The van der Waals surface area contributed by atoms with Crippen LogP contribution >= 0.6 is 23.2 Å². The van der Waals surface area contributed by atoms with Gasteiger partial charge in [-0.25, -0.2) is 0 Å². The van der Waals surface area contributed by atoms with Crippen molar-refractivity contribution in [3.63, 3.8) is 0 Å². The minimum atomic E-state index is -0.135. The maximum atomic E-state index is 13.0. The molecule has 0 unspecified atom stereocenters. The molecule has 8 nitrogen and oxygen atoms in total. The number of rotatable bonds is 11. The number of carbonyl (C=O) groups is 2. The highest BCUT2D eigenvalue weighted by molar-refractivity contribution is 6.35. The van der Waals surface area contributed by atoms with E-state index < -0.39 is 0 Å². The third kappa shape index (κ3) is 6.46. The molecule has 0 aliphatic carbocycles. The summed E-state index contributed by atoms with van der Waals surface area (Å²) in [5.41, 5.74) is 2.86. The van der Waals surface area contributed by atoms with Gasteiger partial charge in [-0.15, -0.1) is 0 Å². The normalized spacial score (nSPS) is 11.0. The molecule has 0 aliphatic rings. The van der Waals surface area contributed by atoms with Crippen LogP contribution in [0.25, 0.3) is 11.0 Å². The molecular weight excluding hydrogens is 539 g/mol. The Labute approximate surface area is 236 Å². The molecule has 39 heavy (non-hydrogen) atoms. The number of amides is 1. The fourth-order valence-electron chi connectivity index (χ4n) is 4.47. The van der Waals surface area contributed by atoms with Crippen LogP contribution < -0.4 is 15.1 Å². The lowest BCUT2D eigenvalue weighted by Crippen LogP contribution is -2.31. The summed E-state index contributed by atoms with van der Waals surface area (Å²) in [5, 5.41) is 9.89. The Morgan fingerprint density at radius 3 is 2.26 bits per heavy atom. The zero-order valence-corrected chi connectivity index (χ0v) is 23.6. The molecular formula is C29H30Cl2N4O4. The van der Waals surface area contributed by atoms with E-state index in [9.17, 15) is 9.59 Å². The summed E-state index contributed by atoms with van der Waals surface area (Å²) < 4.78 is 14.0. The largest absolute Gasteiger partial charge is 0.497 e. The van der Waals surface area contributed by atoms with Crippen molar-refractivity contribution in [2.24, 2.45) is 0 Å². The average Bonchev–Trinajstić information content (AvgIpc) is 3.20. The summed E-state index contributed by atoms with van der Waals surface area (Å²) in [7, 11) is 4.90. The van der Waals surface area contributed by atoms with Crippen molar-refractivity contribution in [2.75, 3.05) is 27.8 Å². The monoisotopic (exact) mass is 568 g/mol. The van der Waals surface area contributed by atoms with Crippen LogP contribution in [0.5, 0.6) is 11.5 Å². The average molecular weight is 569 g/mol. The van der Waals surface area contributed by atoms with Crippen molar-refractivity contribution < 1.29 is 19.1 Å². The number of aromatic nitrogens is 2. The van der Waals surface area contributed by atoms with Crippen molar-refractivity contribution >= 4 is 45.9 Å². The lowest BCUT2D eigenvalue weighted by molar-refractivity contribution is -0.129. The van der Waals surface area contributed by atoms with Gasteiger partial charge >= 0.3 is 0 Å². The number of methoxy groups -OCH3 is 2. The molecule has 204 valence electrons. The molecule has 1 heterocycles. The number of carbonyl (C=O) groups excluding carboxylic acids is 2. The maximum Gasteiger partial charge on any atom is 0.226 e. The standard InChI is InChI=1S/C29H30Cl2N4O4/c1-33(27(37)16-19-14-22(38-2)17-23(15-19)39-3)12-5-13-34-28-24(31)6-4-7-25(28)35(29(34)32)18-26(36)20-8-10-21(30)11-9-20/h4,6-11,14-15,17,32H,5,12-13,16,18H2,1-3H3. The van der Waals surface area contributed by atoms with E-state index in [1.54, 1.807) is 77.8 Å². The third-order valence-electron chi connectivity index (χ3n) is 6.57. The van der Waals surface area contributed by atoms with E-state index in [2.05, 4.69) is 0 Å². The highest BCUT2D eigenvalue weighted by Gasteiger charge is 2.18. The lowest BCUT2D eigenvalue weighted by atomic mass is 10.1. The van der Waals surface area contributed by atoms with Crippen LogP contribution in [0.4, 0.5) is 0 Å². The summed E-state index contributed by atoms with van der Waals surface area (Å²) in [6, 6.07) is 17.5. The Bertz CT molecular complexity index is 1540. The second kappa shape index (κ2) is 12.4. The Balaban J connectivity index is 1.47. The van der Waals surface area contributed by atoms with Crippen LogP contribution in [0, 0.1) is 5.41 Å². The second-order valence-corrected chi connectivity index (χ2v) is 10.0. The summed E-state index contributed by atoms with van der Waals surface area (Å²) >= 11 is 12.5. The van der Waals surface area contributed by atoms with Crippen molar-refractivity contribution in [3.8, 4) is 11.5 Å². The summed E-state index contributed by atoms with van der Waals surface area (Å²) in [5.74, 6) is 1.07. The van der Waals surface area contributed by atoms with Gasteiger partial charge in [-0.05, 0) is 60.5 Å². The summed E-state index contributed by atoms with van der Waals surface area (Å²) in [6.45, 7) is 0.922. The first-order chi connectivity index (χ1) is 18.7. The van der Waals surface area contributed by atoms with E-state index in [0.717, 1.165) is 5.56 Å². The molecule has 0 fully saturated rings.